The number of quaternary nitrogens is 1. The maximum Gasteiger partial charge on any atom is 0.239 e. The summed E-state index contributed by atoms with van der Waals surface area (Å²) in [5.41, 5.74) is 1.38. The number of thiophene rings is 1. The number of hydrogen-bond acceptors (Lipinski definition) is 6. The molecule has 3 heterocycles. The number of rotatable bonds is 6. The van der Waals surface area contributed by atoms with Crippen LogP contribution in [0.3, 0.4) is 0 Å². The number of anilines is 1. The van der Waals surface area contributed by atoms with Gasteiger partial charge < -0.3 is 20.3 Å². The molecule has 3 N–H and O–H groups in total. The van der Waals surface area contributed by atoms with E-state index >= 15 is 0 Å². The minimum atomic E-state index is -0.0102. The lowest BCUT2D eigenvalue weighted by molar-refractivity contribution is -0.922. The van der Waals surface area contributed by atoms with Crippen molar-refractivity contribution in [2.45, 2.75) is 45.7 Å². The molecule has 1 aliphatic carbocycles. The van der Waals surface area contributed by atoms with Gasteiger partial charge in [0.2, 0.25) is 5.91 Å². The smallest absolute Gasteiger partial charge is 0.239 e. The minimum Gasteiger partial charge on any atom is -0.370 e. The molecule has 4 rings (SSSR count). The summed E-state index contributed by atoms with van der Waals surface area (Å²) in [7, 11) is 0. The molecule has 2 aromatic heterocycles. The van der Waals surface area contributed by atoms with E-state index < -0.39 is 0 Å². The van der Waals surface area contributed by atoms with Gasteiger partial charge in [-0.2, -0.15) is 0 Å². The van der Waals surface area contributed by atoms with Gasteiger partial charge >= 0.3 is 0 Å². The normalized spacial score (nSPS) is 17.4. The van der Waals surface area contributed by atoms with Crippen LogP contribution in [0.1, 0.15) is 36.5 Å². The standard InChI is InChI=1S/C19H27N5O2S/c1-12(2)21-16(25)10-20-18-17-13-4-3-5-14(13)27-19(17)23-15(22-18)11-24-6-8-26-9-7-24/h12H,3-11H2,1-2H3,(H,21,25)(H,20,22,23)/p+1. The number of morpholine rings is 1. The van der Waals surface area contributed by atoms with Crippen LogP contribution in [0.15, 0.2) is 0 Å². The molecule has 0 radical (unpaired) electrons. The average molecular weight is 391 g/mol. The first-order chi connectivity index (χ1) is 13.1. The molecular weight excluding hydrogens is 362 g/mol. The highest BCUT2D eigenvalue weighted by atomic mass is 32.1. The van der Waals surface area contributed by atoms with E-state index in [4.69, 9.17) is 14.7 Å². The Morgan fingerprint density at radius 3 is 2.85 bits per heavy atom. The average Bonchev–Trinajstić information content (AvgIpc) is 3.20. The molecule has 2 aromatic rings. The van der Waals surface area contributed by atoms with Crippen molar-refractivity contribution >= 4 is 33.3 Å². The van der Waals surface area contributed by atoms with Gasteiger partial charge in [-0.3, -0.25) is 4.79 Å². The summed E-state index contributed by atoms with van der Waals surface area (Å²) in [6.07, 6.45) is 3.41. The molecule has 7 nitrogen and oxygen atoms in total. The number of fused-ring (bicyclic) bond motifs is 3. The van der Waals surface area contributed by atoms with E-state index in [0.29, 0.717) is 0 Å². The third-order valence-electron chi connectivity index (χ3n) is 5.09. The Labute approximate surface area is 163 Å². The molecule has 146 valence electrons. The van der Waals surface area contributed by atoms with Gasteiger partial charge in [-0.25, -0.2) is 9.97 Å². The predicted octanol–water partition coefficient (Wildman–Crippen LogP) is 0.532. The summed E-state index contributed by atoms with van der Waals surface area (Å²) in [5, 5.41) is 7.35. The van der Waals surface area contributed by atoms with Crippen molar-refractivity contribution in [1.82, 2.24) is 15.3 Å². The lowest BCUT2D eigenvalue weighted by atomic mass is 10.2. The monoisotopic (exact) mass is 390 g/mol. The van der Waals surface area contributed by atoms with Crippen LogP contribution in [-0.2, 0) is 28.9 Å². The molecule has 0 spiro atoms. The highest BCUT2D eigenvalue weighted by Gasteiger charge is 2.24. The highest BCUT2D eigenvalue weighted by molar-refractivity contribution is 7.19. The van der Waals surface area contributed by atoms with Gasteiger partial charge in [-0.05, 0) is 38.7 Å². The Hall–Kier alpha value is -1.77. The fourth-order valence-electron chi connectivity index (χ4n) is 3.84. The summed E-state index contributed by atoms with van der Waals surface area (Å²) >= 11 is 1.80. The van der Waals surface area contributed by atoms with Crippen molar-refractivity contribution in [3.05, 3.63) is 16.3 Å². The maximum atomic E-state index is 12.1. The number of aryl methyl sites for hydroxylation is 2. The summed E-state index contributed by atoms with van der Waals surface area (Å²) in [6.45, 7) is 8.54. The number of carbonyl (C=O) groups excluding carboxylic acids is 1. The maximum absolute atomic E-state index is 12.1. The van der Waals surface area contributed by atoms with Crippen molar-refractivity contribution < 1.29 is 14.4 Å². The summed E-state index contributed by atoms with van der Waals surface area (Å²) < 4.78 is 5.45. The van der Waals surface area contributed by atoms with Gasteiger partial charge in [-0.1, -0.05) is 0 Å². The SMILES string of the molecule is CC(C)NC(=O)CNc1nc(C[NH+]2CCOCC2)nc2sc3c(c12)CCC3. The summed E-state index contributed by atoms with van der Waals surface area (Å²) in [6, 6.07) is 0.135. The second kappa shape index (κ2) is 8.08. The fraction of sp³-hybridized carbons (Fsp3) is 0.632. The predicted molar refractivity (Wildman–Crippen MR) is 106 cm³/mol. The largest absolute Gasteiger partial charge is 0.370 e. The molecule has 1 fully saturated rings. The van der Waals surface area contributed by atoms with Gasteiger partial charge in [0.1, 0.15) is 30.3 Å². The van der Waals surface area contributed by atoms with Crippen molar-refractivity contribution in [2.75, 3.05) is 38.2 Å². The van der Waals surface area contributed by atoms with E-state index in [1.165, 1.54) is 21.8 Å². The Morgan fingerprint density at radius 2 is 2.07 bits per heavy atom. The molecule has 1 aliphatic heterocycles. The second-order valence-corrected chi connectivity index (χ2v) is 8.72. The topological polar surface area (TPSA) is 80.6 Å². The molecule has 0 bridgehead atoms. The number of hydrogen-bond donors (Lipinski definition) is 3. The first kappa shape index (κ1) is 18.6. The van der Waals surface area contributed by atoms with Crippen LogP contribution in [0.5, 0.6) is 0 Å². The van der Waals surface area contributed by atoms with Gasteiger partial charge in [-0.15, -0.1) is 11.3 Å². The first-order valence-electron chi connectivity index (χ1n) is 9.86. The number of carbonyl (C=O) groups is 1. The second-order valence-electron chi connectivity index (χ2n) is 7.64. The molecule has 2 aliphatic rings. The summed E-state index contributed by atoms with van der Waals surface area (Å²) in [4.78, 5) is 25.8. The Bertz CT molecular complexity index is 829. The molecular formula is C19H28N5O2S+. The van der Waals surface area contributed by atoms with E-state index in [2.05, 4.69) is 10.6 Å². The van der Waals surface area contributed by atoms with Crippen LogP contribution < -0.4 is 15.5 Å². The molecule has 8 heteroatoms. The van der Waals surface area contributed by atoms with E-state index in [1.54, 1.807) is 11.3 Å². The number of ether oxygens (including phenoxy) is 1. The Morgan fingerprint density at radius 1 is 1.26 bits per heavy atom. The number of aromatic nitrogens is 2. The van der Waals surface area contributed by atoms with Crippen molar-refractivity contribution in [3.63, 3.8) is 0 Å². The van der Waals surface area contributed by atoms with Gasteiger partial charge in [0.25, 0.3) is 0 Å². The van der Waals surface area contributed by atoms with E-state index in [-0.39, 0.29) is 18.5 Å². The quantitative estimate of drug-likeness (QED) is 0.671. The Balaban J connectivity index is 1.60. The molecule has 1 saturated heterocycles. The summed E-state index contributed by atoms with van der Waals surface area (Å²) in [5.74, 6) is 1.66. The zero-order valence-electron chi connectivity index (χ0n) is 16.1. The van der Waals surface area contributed by atoms with Gasteiger partial charge in [0, 0.05) is 10.9 Å². The molecule has 0 atom stereocenters. The molecule has 27 heavy (non-hydrogen) atoms. The molecule has 0 saturated carbocycles. The minimum absolute atomic E-state index is 0.0102. The van der Waals surface area contributed by atoms with E-state index in [1.807, 2.05) is 13.8 Å². The van der Waals surface area contributed by atoms with Crippen LogP contribution in [0.25, 0.3) is 10.2 Å². The van der Waals surface area contributed by atoms with Crippen LogP contribution in [0.2, 0.25) is 0 Å². The van der Waals surface area contributed by atoms with Gasteiger partial charge in [0.05, 0.1) is 25.1 Å². The zero-order chi connectivity index (χ0) is 18.8. The zero-order valence-corrected chi connectivity index (χ0v) is 16.9. The van der Waals surface area contributed by atoms with Crippen LogP contribution in [-0.4, -0.2) is 54.8 Å². The van der Waals surface area contributed by atoms with Gasteiger partial charge in [0.15, 0.2) is 5.82 Å². The van der Waals surface area contributed by atoms with Crippen molar-refractivity contribution in [3.8, 4) is 0 Å². The van der Waals surface area contributed by atoms with Crippen LogP contribution in [0, 0.1) is 0 Å². The first-order valence-corrected chi connectivity index (χ1v) is 10.7. The van der Waals surface area contributed by atoms with Crippen LogP contribution in [0.4, 0.5) is 5.82 Å². The third-order valence-corrected chi connectivity index (χ3v) is 6.27. The van der Waals surface area contributed by atoms with Crippen molar-refractivity contribution in [1.29, 1.82) is 0 Å². The third kappa shape index (κ3) is 4.23. The number of nitrogens with zero attached hydrogens (tertiary/aromatic N) is 2. The van der Waals surface area contributed by atoms with Crippen LogP contribution >= 0.6 is 11.3 Å². The lowest BCUT2D eigenvalue weighted by Gasteiger charge is -2.23. The molecule has 0 aromatic carbocycles. The fourth-order valence-corrected chi connectivity index (χ4v) is 5.12. The molecule has 1 amide bonds. The van der Waals surface area contributed by atoms with E-state index in [0.717, 1.165) is 67.5 Å². The number of amides is 1. The highest BCUT2D eigenvalue weighted by Crippen LogP contribution is 2.39. The van der Waals surface area contributed by atoms with E-state index in [9.17, 15) is 4.79 Å². The Kier molecular flexibility index (Phi) is 5.56. The van der Waals surface area contributed by atoms with Crippen molar-refractivity contribution in [2.24, 2.45) is 0 Å². The molecule has 0 unspecified atom stereocenters. The number of nitrogens with one attached hydrogen (secondary N) is 3. The lowest BCUT2D eigenvalue weighted by Crippen LogP contribution is -3.12.